The largest absolute Gasteiger partial charge is 0.460 e. The van der Waals surface area contributed by atoms with Crippen LogP contribution in [0.5, 0.6) is 0 Å². The molecule has 0 aromatic carbocycles. The van der Waals surface area contributed by atoms with E-state index < -0.39 is 0 Å². The third-order valence-electron chi connectivity index (χ3n) is 3.58. The molecule has 16 heavy (non-hydrogen) atoms. The van der Waals surface area contributed by atoms with E-state index in [1.54, 1.807) is 0 Å². The molecule has 2 aliphatic rings. The van der Waals surface area contributed by atoms with Gasteiger partial charge in [0.1, 0.15) is 17.9 Å². The summed E-state index contributed by atoms with van der Waals surface area (Å²) in [5.41, 5.74) is 5.45. The van der Waals surface area contributed by atoms with Crippen molar-refractivity contribution in [1.82, 2.24) is 4.98 Å². The molecule has 3 rings (SSSR count). The van der Waals surface area contributed by atoms with Crippen molar-refractivity contribution in [3.63, 3.8) is 0 Å². The predicted octanol–water partition coefficient (Wildman–Crippen LogP) is -0.415. The van der Waals surface area contributed by atoms with Crippen LogP contribution in [0.1, 0.15) is 18.4 Å². The van der Waals surface area contributed by atoms with Crippen LogP contribution in [0.15, 0.2) is 24.2 Å². The van der Waals surface area contributed by atoms with E-state index in [4.69, 9.17) is 0 Å². The number of nitrogens with zero attached hydrogens (tertiary/aromatic N) is 1. The van der Waals surface area contributed by atoms with Crippen LogP contribution in [0.25, 0.3) is 5.57 Å². The van der Waals surface area contributed by atoms with E-state index in [1.165, 1.54) is 38.7 Å². The van der Waals surface area contributed by atoms with Gasteiger partial charge < -0.3 is 9.80 Å². The van der Waals surface area contributed by atoms with Crippen LogP contribution < -0.4 is 9.80 Å². The predicted molar refractivity (Wildman–Crippen MR) is 62.4 cm³/mol. The van der Waals surface area contributed by atoms with Gasteiger partial charge in [-0.1, -0.05) is 0 Å². The van der Waals surface area contributed by atoms with E-state index in [-0.39, 0.29) is 0 Å². The summed E-state index contributed by atoms with van der Waals surface area (Å²) in [4.78, 5) is 6.76. The van der Waals surface area contributed by atoms with Gasteiger partial charge in [0.25, 0.3) is 0 Å². The van der Waals surface area contributed by atoms with Gasteiger partial charge in [0.05, 0.1) is 12.1 Å². The minimum absolute atomic E-state index is 1.00. The number of hydrogen-bond donors (Lipinski definition) is 2. The first-order chi connectivity index (χ1) is 7.77. The Bertz CT molecular complexity index is 450. The fraction of sp³-hybridized carbons (Fsp3) is 0.308. The molecule has 2 aliphatic heterocycles. The number of allylic oxidation sites excluding steroid dienone is 1. The lowest BCUT2D eigenvalue weighted by atomic mass is 10.0. The second-order valence-corrected chi connectivity index (χ2v) is 4.64. The molecule has 0 aliphatic carbocycles. The zero-order chi connectivity index (χ0) is 11.1. The zero-order valence-corrected chi connectivity index (χ0v) is 9.42. The Balaban J connectivity index is 2.09. The lowest BCUT2D eigenvalue weighted by molar-refractivity contribution is -0.869. The molecule has 0 fully saturated rings. The van der Waals surface area contributed by atoms with E-state index in [0.29, 0.717) is 0 Å². The summed E-state index contributed by atoms with van der Waals surface area (Å²) >= 11 is 0. The number of fused-ring (bicyclic) bond motifs is 2. The molecular formula is C13H17N3. The fourth-order valence-electron chi connectivity index (χ4n) is 2.76. The maximum atomic E-state index is 4.23. The average Bonchev–Trinajstić information content (AvgIpc) is 2.47. The number of rotatable bonds is 0. The number of quaternary nitrogens is 2. The number of hydrogen-bond acceptors (Lipinski definition) is 1. The topological polar surface area (TPSA) is 21.8 Å². The lowest BCUT2D eigenvalue weighted by Gasteiger charge is -2.24. The standard InChI is InChI=1S/C13H17N3/c1-15-7-3-4-10-11-8-14-6-5-12(11)16(2)13(10)9-15/h5-6,8,15-16H,1-4,7,9H2. The Morgan fingerprint density at radius 3 is 3.06 bits per heavy atom. The van der Waals surface area contributed by atoms with Crippen LogP contribution in [0.3, 0.4) is 0 Å². The zero-order valence-electron chi connectivity index (χ0n) is 9.42. The lowest BCUT2D eigenvalue weighted by Crippen LogP contribution is -3.11. The Morgan fingerprint density at radius 2 is 2.19 bits per heavy atom. The summed E-state index contributed by atoms with van der Waals surface area (Å²) in [6.45, 7) is 2.15. The molecule has 3 heterocycles. The van der Waals surface area contributed by atoms with Gasteiger partial charge >= 0.3 is 0 Å². The smallest absolute Gasteiger partial charge is 0.143 e. The summed E-state index contributed by atoms with van der Waals surface area (Å²) in [6, 6.07) is 2.08. The highest BCUT2D eigenvalue weighted by atomic mass is 15.2. The Labute approximate surface area is 96.4 Å². The second kappa shape index (κ2) is 3.68. The molecule has 0 saturated heterocycles. The maximum Gasteiger partial charge on any atom is 0.143 e. The van der Waals surface area contributed by atoms with E-state index >= 15 is 0 Å². The van der Waals surface area contributed by atoms with E-state index in [2.05, 4.69) is 25.1 Å². The molecule has 2 unspecified atom stereocenters. The molecule has 2 atom stereocenters. The highest BCUT2D eigenvalue weighted by Crippen LogP contribution is 2.31. The fourth-order valence-corrected chi connectivity index (χ4v) is 2.76. The highest BCUT2D eigenvalue weighted by molar-refractivity contribution is 5.77. The molecule has 1 aromatic heterocycles. The molecule has 84 valence electrons. The second-order valence-electron chi connectivity index (χ2n) is 4.64. The highest BCUT2D eigenvalue weighted by Gasteiger charge is 2.31. The van der Waals surface area contributed by atoms with Crippen LogP contribution in [-0.4, -0.2) is 18.1 Å². The van der Waals surface area contributed by atoms with E-state index in [0.717, 1.165) is 19.5 Å². The first kappa shape index (κ1) is 10.00. The Hall–Kier alpha value is -1.19. The average molecular weight is 215 g/mol. The van der Waals surface area contributed by atoms with Crippen molar-refractivity contribution >= 4 is 11.3 Å². The van der Waals surface area contributed by atoms with Gasteiger partial charge in [0.2, 0.25) is 0 Å². The quantitative estimate of drug-likeness (QED) is 0.564. The summed E-state index contributed by atoms with van der Waals surface area (Å²) in [6.07, 6.45) is 6.19. The van der Waals surface area contributed by atoms with Crippen LogP contribution in [-0.2, 0) is 0 Å². The molecule has 3 nitrogen and oxygen atoms in total. The van der Waals surface area contributed by atoms with Gasteiger partial charge in [-0.2, -0.15) is 7.05 Å². The molecular weight excluding hydrogens is 198 g/mol. The molecule has 0 spiro atoms. The minimum atomic E-state index is 1.00. The van der Waals surface area contributed by atoms with Gasteiger partial charge in [-0.05, 0) is 12.8 Å². The summed E-state index contributed by atoms with van der Waals surface area (Å²) < 4.78 is 0. The molecule has 2 N–H and O–H groups in total. The number of pyridine rings is 1. The first-order valence-corrected chi connectivity index (χ1v) is 5.80. The number of nitrogens with one attached hydrogen (secondary N) is 2. The van der Waals surface area contributed by atoms with Crippen molar-refractivity contribution in [3.05, 3.63) is 43.8 Å². The van der Waals surface area contributed by atoms with Crippen molar-refractivity contribution in [2.75, 3.05) is 13.1 Å². The minimum Gasteiger partial charge on any atom is -0.460 e. The van der Waals surface area contributed by atoms with E-state index in [1.807, 2.05) is 12.4 Å². The molecule has 3 heteroatoms. The van der Waals surface area contributed by atoms with Crippen molar-refractivity contribution in [2.24, 2.45) is 0 Å². The third kappa shape index (κ3) is 1.39. The third-order valence-corrected chi connectivity index (χ3v) is 3.58. The summed E-state index contributed by atoms with van der Waals surface area (Å²) in [5, 5.41) is 0. The molecule has 0 radical (unpaired) electrons. The molecule has 0 saturated carbocycles. The van der Waals surface area contributed by atoms with Crippen molar-refractivity contribution in [1.29, 1.82) is 0 Å². The van der Waals surface area contributed by atoms with Crippen molar-refractivity contribution in [3.8, 4) is 0 Å². The van der Waals surface area contributed by atoms with Crippen molar-refractivity contribution < 1.29 is 9.80 Å². The van der Waals surface area contributed by atoms with Gasteiger partial charge in [-0.25, -0.2) is 0 Å². The van der Waals surface area contributed by atoms with Gasteiger partial charge in [-0.3, -0.25) is 4.98 Å². The van der Waals surface area contributed by atoms with E-state index in [9.17, 15) is 0 Å². The van der Waals surface area contributed by atoms with Crippen LogP contribution in [0.4, 0.5) is 5.69 Å². The summed E-state index contributed by atoms with van der Waals surface area (Å²) in [7, 11) is 8.37. The maximum absolute atomic E-state index is 4.23. The Morgan fingerprint density at radius 1 is 1.31 bits per heavy atom. The van der Waals surface area contributed by atoms with Gasteiger partial charge in [-0.15, -0.1) is 7.05 Å². The van der Waals surface area contributed by atoms with Crippen molar-refractivity contribution in [2.45, 2.75) is 12.8 Å². The normalized spacial score (nSPS) is 28.6. The van der Waals surface area contributed by atoms with Crippen LogP contribution in [0, 0.1) is 14.1 Å². The first-order valence-electron chi connectivity index (χ1n) is 5.80. The number of aromatic nitrogens is 1. The van der Waals surface area contributed by atoms with Crippen LogP contribution >= 0.6 is 0 Å². The monoisotopic (exact) mass is 215 g/mol. The molecule has 0 amide bonds. The summed E-state index contributed by atoms with van der Waals surface area (Å²) in [5.74, 6) is 0. The van der Waals surface area contributed by atoms with Gasteiger partial charge in [0.15, 0.2) is 0 Å². The SMILES string of the molecule is [CH2-][NH+]1CCCC2=C(C1)[NH+]([CH2-])c1ccncc12. The Kier molecular flexibility index (Phi) is 2.30. The van der Waals surface area contributed by atoms with Crippen LogP contribution in [0.2, 0.25) is 0 Å². The molecule has 1 aromatic rings. The van der Waals surface area contributed by atoms with Gasteiger partial charge in [0, 0.05) is 24.0 Å². The molecule has 0 bridgehead atoms.